The van der Waals surface area contributed by atoms with Gasteiger partial charge in [0.2, 0.25) is 11.7 Å². The molecule has 230 valence electrons. The normalized spacial score (nSPS) is 15.8. The van der Waals surface area contributed by atoms with E-state index in [2.05, 4.69) is 15.2 Å². The number of nitrogens with one attached hydrogen (secondary N) is 1. The van der Waals surface area contributed by atoms with Gasteiger partial charge < -0.3 is 29.3 Å². The van der Waals surface area contributed by atoms with Crippen LogP contribution in [0.1, 0.15) is 35.7 Å². The number of benzene rings is 2. The van der Waals surface area contributed by atoms with Crippen molar-refractivity contribution in [1.82, 2.24) is 20.1 Å². The highest BCUT2D eigenvalue weighted by Crippen LogP contribution is 2.45. The smallest absolute Gasteiger partial charge is 0.260 e. The van der Waals surface area contributed by atoms with Crippen molar-refractivity contribution in [3.63, 3.8) is 0 Å². The van der Waals surface area contributed by atoms with Crippen molar-refractivity contribution in [3.8, 4) is 17.2 Å². The lowest BCUT2D eigenvalue weighted by Gasteiger charge is -2.32. The molecule has 0 bridgehead atoms. The molecule has 1 saturated heterocycles. The number of carbonyl (C=O) groups excluding carboxylic acids is 2. The summed E-state index contributed by atoms with van der Waals surface area (Å²) in [6, 6.07) is 13.8. The first-order valence-electron chi connectivity index (χ1n) is 14.5. The monoisotopic (exact) mass is 600 g/mol. The average molecular weight is 601 g/mol. The molecule has 0 saturated carbocycles. The summed E-state index contributed by atoms with van der Waals surface area (Å²) < 4.78 is 31.6. The predicted octanol–water partition coefficient (Wildman–Crippen LogP) is 4.42. The molecule has 2 heterocycles. The summed E-state index contributed by atoms with van der Waals surface area (Å²) in [7, 11) is 5.09. The third-order valence-electron chi connectivity index (χ3n) is 7.97. The Bertz CT molecular complexity index is 1570. The minimum atomic E-state index is -0.375. The van der Waals surface area contributed by atoms with E-state index in [-0.39, 0.29) is 30.7 Å². The minimum Gasteiger partial charge on any atom is -0.493 e. The van der Waals surface area contributed by atoms with Crippen LogP contribution in [0.15, 0.2) is 60.3 Å². The third kappa shape index (κ3) is 6.92. The first-order valence-corrected chi connectivity index (χ1v) is 14.5. The Morgan fingerprint density at radius 3 is 2.39 bits per heavy atom. The minimum absolute atomic E-state index is 0.0905. The zero-order chi connectivity index (χ0) is 31.2. The molecule has 0 spiro atoms. The van der Waals surface area contributed by atoms with Gasteiger partial charge in [-0.3, -0.25) is 14.6 Å². The van der Waals surface area contributed by atoms with Crippen molar-refractivity contribution in [2.75, 3.05) is 54.1 Å². The first-order chi connectivity index (χ1) is 21.3. The number of aromatic nitrogens is 1. The summed E-state index contributed by atoms with van der Waals surface area (Å²) in [6.07, 6.45) is 3.72. The SMILES string of the molecule is COc1cc(C=C2C(C)=C(CC(=O)NCc3ccccn3)c3cc(F)ccc32)cc(OC)c1OCC(=O)N1CCN(C)CC1. The zero-order valence-corrected chi connectivity index (χ0v) is 25.5. The van der Waals surface area contributed by atoms with E-state index in [1.54, 1.807) is 29.3 Å². The Balaban J connectivity index is 1.39. The van der Waals surface area contributed by atoms with Crippen molar-refractivity contribution in [1.29, 1.82) is 0 Å². The highest BCUT2D eigenvalue weighted by Gasteiger charge is 2.27. The maximum absolute atomic E-state index is 14.4. The molecule has 1 fully saturated rings. The summed E-state index contributed by atoms with van der Waals surface area (Å²) in [5.74, 6) is 0.509. The highest BCUT2D eigenvalue weighted by atomic mass is 19.1. The molecular weight excluding hydrogens is 563 g/mol. The summed E-state index contributed by atoms with van der Waals surface area (Å²) in [5, 5.41) is 2.91. The second-order valence-electron chi connectivity index (χ2n) is 10.9. The van der Waals surface area contributed by atoms with E-state index in [9.17, 15) is 14.0 Å². The fourth-order valence-electron chi connectivity index (χ4n) is 5.47. The van der Waals surface area contributed by atoms with Crippen LogP contribution < -0.4 is 19.5 Å². The van der Waals surface area contributed by atoms with Gasteiger partial charge >= 0.3 is 0 Å². The van der Waals surface area contributed by atoms with Crippen LogP contribution in [0.3, 0.4) is 0 Å². The van der Waals surface area contributed by atoms with Gasteiger partial charge in [-0.1, -0.05) is 12.1 Å². The Hall–Kier alpha value is -4.70. The van der Waals surface area contributed by atoms with Gasteiger partial charge in [-0.15, -0.1) is 0 Å². The van der Waals surface area contributed by atoms with Crippen LogP contribution in [0.4, 0.5) is 4.39 Å². The molecule has 0 atom stereocenters. The molecule has 9 nitrogen and oxygen atoms in total. The number of likely N-dealkylation sites (N-methyl/N-ethyl adjacent to an activating group) is 1. The number of allylic oxidation sites excluding steroid dienone is 2. The van der Waals surface area contributed by atoms with E-state index in [1.807, 2.05) is 38.2 Å². The number of piperazine rings is 1. The van der Waals surface area contributed by atoms with Crippen molar-refractivity contribution < 1.29 is 28.2 Å². The van der Waals surface area contributed by atoms with Gasteiger partial charge in [0.15, 0.2) is 18.1 Å². The van der Waals surface area contributed by atoms with E-state index in [0.717, 1.165) is 46.6 Å². The van der Waals surface area contributed by atoms with Crippen molar-refractivity contribution in [2.45, 2.75) is 19.9 Å². The van der Waals surface area contributed by atoms with Gasteiger partial charge in [0.1, 0.15) is 5.82 Å². The number of hydrogen-bond acceptors (Lipinski definition) is 7. The number of rotatable bonds is 10. The number of nitrogens with zero attached hydrogens (tertiary/aromatic N) is 3. The second kappa shape index (κ2) is 13.7. The van der Waals surface area contributed by atoms with Gasteiger partial charge in [-0.05, 0) is 89.9 Å². The van der Waals surface area contributed by atoms with Crippen molar-refractivity contribution in [2.24, 2.45) is 0 Å². The fraction of sp³-hybridized carbons (Fsp3) is 0.324. The number of halogens is 1. The maximum Gasteiger partial charge on any atom is 0.260 e. The van der Waals surface area contributed by atoms with Gasteiger partial charge in [-0.2, -0.15) is 0 Å². The maximum atomic E-state index is 14.4. The number of amides is 2. The molecule has 2 aliphatic rings. The Kier molecular flexibility index (Phi) is 9.59. The van der Waals surface area contributed by atoms with Crippen LogP contribution in [-0.4, -0.2) is 80.7 Å². The zero-order valence-electron chi connectivity index (χ0n) is 25.5. The van der Waals surface area contributed by atoms with Gasteiger partial charge in [0, 0.05) is 32.4 Å². The largest absolute Gasteiger partial charge is 0.493 e. The molecule has 3 aromatic rings. The number of hydrogen-bond donors (Lipinski definition) is 1. The number of pyridine rings is 1. The summed E-state index contributed by atoms with van der Waals surface area (Å²) in [6.45, 7) is 5.06. The van der Waals surface area contributed by atoms with Gasteiger partial charge in [-0.25, -0.2) is 4.39 Å². The number of carbonyl (C=O) groups is 2. The summed E-state index contributed by atoms with van der Waals surface area (Å²) in [4.78, 5) is 34.0. The summed E-state index contributed by atoms with van der Waals surface area (Å²) >= 11 is 0. The molecule has 1 aliphatic carbocycles. The van der Waals surface area contributed by atoms with E-state index in [0.29, 0.717) is 42.4 Å². The molecule has 1 aliphatic heterocycles. The number of methoxy groups -OCH3 is 2. The molecule has 5 rings (SSSR count). The van der Waals surface area contributed by atoms with Crippen molar-refractivity contribution in [3.05, 3.63) is 88.5 Å². The number of ether oxygens (including phenoxy) is 3. The van der Waals surface area contributed by atoms with E-state index < -0.39 is 0 Å². The molecule has 44 heavy (non-hydrogen) atoms. The van der Waals surface area contributed by atoms with Crippen LogP contribution in [-0.2, 0) is 16.1 Å². The molecule has 0 unspecified atom stereocenters. The van der Waals surface area contributed by atoms with Crippen LogP contribution >= 0.6 is 0 Å². The molecule has 0 radical (unpaired) electrons. The molecule has 2 amide bonds. The summed E-state index contributed by atoms with van der Waals surface area (Å²) in [5.41, 5.74) is 5.50. The average Bonchev–Trinajstić information content (AvgIpc) is 3.28. The lowest BCUT2D eigenvalue weighted by Crippen LogP contribution is -2.48. The van der Waals surface area contributed by atoms with Crippen LogP contribution in [0.5, 0.6) is 17.2 Å². The molecule has 1 N–H and O–H groups in total. The second-order valence-corrected chi connectivity index (χ2v) is 10.9. The lowest BCUT2D eigenvalue weighted by atomic mass is 10.00. The Labute approximate surface area is 256 Å². The molecule has 10 heteroatoms. The van der Waals surface area contributed by atoms with Crippen LogP contribution in [0.25, 0.3) is 17.2 Å². The van der Waals surface area contributed by atoms with E-state index in [4.69, 9.17) is 14.2 Å². The first kappa shape index (κ1) is 30.7. The van der Waals surface area contributed by atoms with Crippen molar-refractivity contribution >= 4 is 29.0 Å². The van der Waals surface area contributed by atoms with Crippen LogP contribution in [0.2, 0.25) is 0 Å². The third-order valence-corrected chi connectivity index (χ3v) is 7.97. The van der Waals surface area contributed by atoms with E-state index in [1.165, 1.54) is 26.4 Å². The highest BCUT2D eigenvalue weighted by molar-refractivity contribution is 6.08. The van der Waals surface area contributed by atoms with Gasteiger partial charge in [0.25, 0.3) is 5.91 Å². The topological polar surface area (TPSA) is 93.2 Å². The molecule has 1 aromatic heterocycles. The fourth-order valence-corrected chi connectivity index (χ4v) is 5.47. The number of fused-ring (bicyclic) bond motifs is 1. The van der Waals surface area contributed by atoms with Gasteiger partial charge in [0.05, 0.1) is 32.9 Å². The standard InChI is InChI=1S/C34H37FN4O5/c1-22-27(26-9-8-24(35)18-29(26)28(22)19-32(40)37-20-25-7-5-6-10-36-25)15-23-16-30(42-3)34(31(17-23)43-4)44-21-33(41)39-13-11-38(2)12-14-39/h5-10,15-18H,11-14,19-21H2,1-4H3,(H,37,40). The predicted molar refractivity (Wildman–Crippen MR) is 167 cm³/mol. The molecule has 2 aromatic carbocycles. The Morgan fingerprint density at radius 1 is 1.00 bits per heavy atom. The van der Waals surface area contributed by atoms with Crippen LogP contribution in [0, 0.1) is 5.82 Å². The lowest BCUT2D eigenvalue weighted by molar-refractivity contribution is -0.135. The van der Waals surface area contributed by atoms with E-state index >= 15 is 0 Å². The molecular formula is C34H37FN4O5. The Morgan fingerprint density at radius 2 is 1.73 bits per heavy atom. The quantitative estimate of drug-likeness (QED) is 0.368.